The molecule has 0 bridgehead atoms. The van der Waals surface area contributed by atoms with Gasteiger partial charge in [0.05, 0.1) is 12.4 Å². The SMILES string of the molecule is O=C(CCn1ccnc1)NC(c1ccc(F)cc1)c1ccc(F)cc1. The number of hydrogen-bond donors (Lipinski definition) is 1. The molecule has 1 N–H and O–H groups in total. The zero-order valence-electron chi connectivity index (χ0n) is 13.4. The van der Waals surface area contributed by atoms with Gasteiger partial charge in [-0.15, -0.1) is 0 Å². The van der Waals surface area contributed by atoms with Crippen molar-refractivity contribution >= 4 is 5.91 Å². The van der Waals surface area contributed by atoms with Gasteiger partial charge in [-0.05, 0) is 35.4 Å². The number of benzene rings is 2. The van der Waals surface area contributed by atoms with Crippen LogP contribution < -0.4 is 5.32 Å². The molecule has 0 aliphatic rings. The molecule has 2 aromatic carbocycles. The van der Waals surface area contributed by atoms with Crippen LogP contribution >= 0.6 is 0 Å². The van der Waals surface area contributed by atoms with Gasteiger partial charge in [-0.25, -0.2) is 13.8 Å². The molecule has 0 aliphatic carbocycles. The van der Waals surface area contributed by atoms with Crippen molar-refractivity contribution in [1.82, 2.24) is 14.9 Å². The van der Waals surface area contributed by atoms with Crippen LogP contribution in [0.3, 0.4) is 0 Å². The van der Waals surface area contributed by atoms with Gasteiger partial charge < -0.3 is 9.88 Å². The molecule has 0 aliphatic heterocycles. The first-order valence-electron chi connectivity index (χ1n) is 7.88. The summed E-state index contributed by atoms with van der Waals surface area (Å²) in [5.74, 6) is -0.867. The fourth-order valence-electron chi connectivity index (χ4n) is 2.55. The van der Waals surface area contributed by atoms with Crippen molar-refractivity contribution in [3.8, 4) is 0 Å². The third-order valence-corrected chi connectivity index (χ3v) is 3.87. The first kappa shape index (κ1) is 16.8. The van der Waals surface area contributed by atoms with E-state index in [0.29, 0.717) is 6.54 Å². The van der Waals surface area contributed by atoms with Gasteiger partial charge in [0.1, 0.15) is 11.6 Å². The number of imidazole rings is 1. The van der Waals surface area contributed by atoms with E-state index >= 15 is 0 Å². The zero-order chi connectivity index (χ0) is 17.6. The maximum atomic E-state index is 13.2. The second-order valence-corrected chi connectivity index (χ2v) is 5.65. The predicted molar refractivity (Wildman–Crippen MR) is 89.6 cm³/mol. The molecular weight excluding hydrogens is 324 g/mol. The van der Waals surface area contributed by atoms with E-state index in [1.165, 1.54) is 24.3 Å². The summed E-state index contributed by atoms with van der Waals surface area (Å²) in [4.78, 5) is 16.3. The largest absolute Gasteiger partial charge is 0.345 e. The van der Waals surface area contributed by atoms with Crippen molar-refractivity contribution in [3.63, 3.8) is 0 Å². The summed E-state index contributed by atoms with van der Waals surface area (Å²) in [6.45, 7) is 0.505. The van der Waals surface area contributed by atoms with E-state index in [4.69, 9.17) is 0 Å². The summed E-state index contributed by atoms with van der Waals surface area (Å²) < 4.78 is 28.2. The highest BCUT2D eigenvalue weighted by Gasteiger charge is 2.17. The van der Waals surface area contributed by atoms with Crippen LogP contribution in [0.25, 0.3) is 0 Å². The van der Waals surface area contributed by atoms with Gasteiger partial charge in [0.2, 0.25) is 5.91 Å². The molecule has 0 atom stereocenters. The lowest BCUT2D eigenvalue weighted by Crippen LogP contribution is -2.30. The number of carbonyl (C=O) groups excluding carboxylic acids is 1. The highest BCUT2D eigenvalue weighted by atomic mass is 19.1. The third-order valence-electron chi connectivity index (χ3n) is 3.87. The molecule has 1 aromatic heterocycles. The van der Waals surface area contributed by atoms with Crippen molar-refractivity contribution in [2.45, 2.75) is 19.0 Å². The zero-order valence-corrected chi connectivity index (χ0v) is 13.4. The van der Waals surface area contributed by atoms with Crippen LogP contribution in [-0.2, 0) is 11.3 Å². The standard InChI is InChI=1S/C19H17F2N3O/c20-16-5-1-14(2-6-16)19(15-3-7-17(21)8-4-15)23-18(25)9-11-24-12-10-22-13-24/h1-8,10,12-13,19H,9,11H2,(H,23,25). The number of hydrogen-bond acceptors (Lipinski definition) is 2. The summed E-state index contributed by atoms with van der Waals surface area (Å²) in [7, 11) is 0. The Morgan fingerprint density at radius 1 is 1.00 bits per heavy atom. The normalized spacial score (nSPS) is 10.8. The first-order valence-corrected chi connectivity index (χ1v) is 7.88. The van der Waals surface area contributed by atoms with Crippen LogP contribution in [0.2, 0.25) is 0 Å². The van der Waals surface area contributed by atoms with Crippen LogP contribution in [0, 0.1) is 11.6 Å². The topological polar surface area (TPSA) is 46.9 Å². The van der Waals surface area contributed by atoms with Gasteiger partial charge in [0.15, 0.2) is 0 Å². The van der Waals surface area contributed by atoms with E-state index in [-0.39, 0.29) is 24.0 Å². The quantitative estimate of drug-likeness (QED) is 0.746. The molecule has 0 unspecified atom stereocenters. The molecule has 128 valence electrons. The Labute approximate surface area is 144 Å². The molecule has 0 saturated carbocycles. The molecular formula is C19H17F2N3O. The number of carbonyl (C=O) groups is 1. The molecule has 3 aromatic rings. The van der Waals surface area contributed by atoms with Gasteiger partial charge in [-0.1, -0.05) is 24.3 Å². The van der Waals surface area contributed by atoms with Crippen LogP contribution in [0.5, 0.6) is 0 Å². The smallest absolute Gasteiger partial charge is 0.222 e. The molecule has 3 rings (SSSR count). The summed E-state index contributed by atoms with van der Waals surface area (Å²) >= 11 is 0. The Morgan fingerprint density at radius 3 is 2.04 bits per heavy atom. The minimum atomic E-state index is -0.475. The molecule has 0 radical (unpaired) electrons. The summed E-state index contributed by atoms with van der Waals surface area (Å²) in [6.07, 6.45) is 5.35. The van der Waals surface area contributed by atoms with E-state index in [2.05, 4.69) is 10.3 Å². The van der Waals surface area contributed by atoms with Crippen molar-refractivity contribution in [2.24, 2.45) is 0 Å². The average Bonchev–Trinajstić information content (AvgIpc) is 3.13. The lowest BCUT2D eigenvalue weighted by atomic mass is 9.98. The molecule has 6 heteroatoms. The van der Waals surface area contributed by atoms with Crippen molar-refractivity contribution in [3.05, 3.63) is 90.0 Å². The van der Waals surface area contributed by atoms with Gasteiger partial charge in [-0.3, -0.25) is 4.79 Å². The maximum absolute atomic E-state index is 13.2. The molecule has 1 heterocycles. The van der Waals surface area contributed by atoms with Gasteiger partial charge in [0, 0.05) is 25.4 Å². The van der Waals surface area contributed by atoms with Gasteiger partial charge >= 0.3 is 0 Å². The van der Waals surface area contributed by atoms with Crippen LogP contribution in [0.4, 0.5) is 8.78 Å². The Morgan fingerprint density at radius 2 is 1.56 bits per heavy atom. The number of rotatable bonds is 6. The average molecular weight is 341 g/mol. The second-order valence-electron chi connectivity index (χ2n) is 5.65. The molecule has 0 spiro atoms. The molecule has 0 saturated heterocycles. The second kappa shape index (κ2) is 7.70. The maximum Gasteiger partial charge on any atom is 0.222 e. The summed E-state index contributed by atoms with van der Waals surface area (Å²) in [5.41, 5.74) is 1.45. The van der Waals surface area contributed by atoms with Crippen molar-refractivity contribution in [2.75, 3.05) is 0 Å². The Kier molecular flexibility index (Phi) is 5.18. The molecule has 1 amide bonds. The highest BCUT2D eigenvalue weighted by Crippen LogP contribution is 2.23. The Bertz CT molecular complexity index is 769. The lowest BCUT2D eigenvalue weighted by Gasteiger charge is -2.20. The Balaban J connectivity index is 1.77. The van der Waals surface area contributed by atoms with Gasteiger partial charge in [0.25, 0.3) is 0 Å². The summed E-state index contributed by atoms with van der Waals surface area (Å²) in [5, 5.41) is 2.93. The van der Waals surface area contributed by atoms with Crippen LogP contribution in [0.15, 0.2) is 67.3 Å². The van der Waals surface area contributed by atoms with Crippen LogP contribution in [0.1, 0.15) is 23.6 Å². The van der Waals surface area contributed by atoms with Crippen LogP contribution in [-0.4, -0.2) is 15.5 Å². The minimum Gasteiger partial charge on any atom is -0.345 e. The molecule has 0 fully saturated rings. The van der Waals surface area contributed by atoms with E-state index in [1.807, 2.05) is 4.57 Å². The molecule has 4 nitrogen and oxygen atoms in total. The monoisotopic (exact) mass is 341 g/mol. The molecule has 25 heavy (non-hydrogen) atoms. The fourth-order valence-corrected chi connectivity index (χ4v) is 2.55. The summed E-state index contributed by atoms with van der Waals surface area (Å²) in [6, 6.07) is 11.3. The van der Waals surface area contributed by atoms with Crippen molar-refractivity contribution in [1.29, 1.82) is 0 Å². The van der Waals surface area contributed by atoms with Crippen molar-refractivity contribution < 1.29 is 13.6 Å². The highest BCUT2D eigenvalue weighted by molar-refractivity contribution is 5.77. The number of nitrogens with one attached hydrogen (secondary N) is 1. The third kappa shape index (κ3) is 4.50. The first-order chi connectivity index (χ1) is 12.1. The predicted octanol–water partition coefficient (Wildman–Crippen LogP) is 3.46. The van der Waals surface area contributed by atoms with E-state index in [0.717, 1.165) is 11.1 Å². The number of nitrogens with zero attached hydrogens (tertiary/aromatic N) is 2. The van der Waals surface area contributed by atoms with E-state index in [1.54, 1.807) is 43.0 Å². The minimum absolute atomic E-state index is 0.160. The fraction of sp³-hybridized carbons (Fsp3) is 0.158. The Hall–Kier alpha value is -3.02. The van der Waals surface area contributed by atoms with Gasteiger partial charge in [-0.2, -0.15) is 0 Å². The number of amides is 1. The van der Waals surface area contributed by atoms with E-state index in [9.17, 15) is 13.6 Å². The van der Waals surface area contributed by atoms with E-state index < -0.39 is 6.04 Å². The number of aromatic nitrogens is 2. The number of aryl methyl sites for hydroxylation is 1. The number of halogens is 2. The lowest BCUT2D eigenvalue weighted by molar-refractivity contribution is -0.121.